The van der Waals surface area contributed by atoms with Gasteiger partial charge in [-0.25, -0.2) is 4.79 Å². The van der Waals surface area contributed by atoms with Crippen LogP contribution < -0.4 is 5.32 Å². The molecule has 1 N–H and O–H groups in total. The highest BCUT2D eigenvalue weighted by Gasteiger charge is 2.22. The third kappa shape index (κ3) is 4.59. The number of amides is 1. The van der Waals surface area contributed by atoms with Crippen molar-refractivity contribution in [1.82, 2.24) is 5.32 Å². The molecule has 2 aromatic carbocycles. The molecule has 0 bridgehead atoms. The van der Waals surface area contributed by atoms with Gasteiger partial charge in [-0.1, -0.05) is 29.8 Å². The minimum atomic E-state index is -0.750. The van der Waals surface area contributed by atoms with E-state index >= 15 is 0 Å². The van der Waals surface area contributed by atoms with Crippen molar-refractivity contribution in [3.8, 4) is 0 Å². The Morgan fingerprint density at radius 3 is 2.33 bits per heavy atom. The monoisotopic (exact) mass is 345 g/mol. The third-order valence-corrected chi connectivity index (χ3v) is 4.16. The number of halogens is 1. The number of esters is 1. The van der Waals surface area contributed by atoms with Crippen LogP contribution in [0.15, 0.2) is 42.5 Å². The SMILES string of the molecule is COC(=O)[C@@H](Cc1ccc(C)c(C)c1)NC(=O)c1ccc(Cl)cc1. The number of carbonyl (C=O) groups excluding carboxylic acids is 2. The molecule has 0 aliphatic heterocycles. The fourth-order valence-electron chi connectivity index (χ4n) is 2.34. The van der Waals surface area contributed by atoms with E-state index in [-0.39, 0.29) is 5.91 Å². The van der Waals surface area contributed by atoms with E-state index in [0.29, 0.717) is 17.0 Å². The van der Waals surface area contributed by atoms with Crippen molar-refractivity contribution in [1.29, 1.82) is 0 Å². The van der Waals surface area contributed by atoms with Gasteiger partial charge in [-0.05, 0) is 54.8 Å². The molecule has 5 heteroatoms. The predicted molar refractivity (Wildman–Crippen MR) is 94.3 cm³/mol. The number of rotatable bonds is 5. The summed E-state index contributed by atoms with van der Waals surface area (Å²) in [4.78, 5) is 24.4. The molecule has 0 radical (unpaired) electrons. The fraction of sp³-hybridized carbons (Fsp3) is 0.263. The minimum absolute atomic E-state index is 0.342. The third-order valence-electron chi connectivity index (χ3n) is 3.91. The molecule has 0 aromatic heterocycles. The largest absolute Gasteiger partial charge is 0.467 e. The van der Waals surface area contributed by atoms with Crippen LogP contribution >= 0.6 is 11.6 Å². The minimum Gasteiger partial charge on any atom is -0.467 e. The lowest BCUT2D eigenvalue weighted by atomic mass is 10.0. The molecule has 24 heavy (non-hydrogen) atoms. The van der Waals surface area contributed by atoms with Crippen molar-refractivity contribution in [2.45, 2.75) is 26.3 Å². The molecule has 4 nitrogen and oxygen atoms in total. The Kier molecular flexibility index (Phi) is 5.99. The molecule has 0 spiro atoms. The van der Waals surface area contributed by atoms with E-state index in [1.807, 2.05) is 32.0 Å². The second kappa shape index (κ2) is 7.97. The summed E-state index contributed by atoms with van der Waals surface area (Å²) in [5.41, 5.74) is 3.72. The number of benzene rings is 2. The average Bonchev–Trinajstić information content (AvgIpc) is 2.57. The summed E-state index contributed by atoms with van der Waals surface area (Å²) < 4.78 is 4.82. The Hall–Kier alpha value is -2.33. The van der Waals surface area contributed by atoms with Gasteiger partial charge in [-0.2, -0.15) is 0 Å². The first-order chi connectivity index (χ1) is 11.4. The van der Waals surface area contributed by atoms with Crippen molar-refractivity contribution in [2.24, 2.45) is 0 Å². The van der Waals surface area contributed by atoms with E-state index in [4.69, 9.17) is 16.3 Å². The van der Waals surface area contributed by atoms with Gasteiger partial charge in [0.15, 0.2) is 0 Å². The quantitative estimate of drug-likeness (QED) is 0.844. The molecule has 2 rings (SSSR count). The van der Waals surface area contributed by atoms with E-state index in [1.165, 1.54) is 12.7 Å². The molecular formula is C19H20ClNO3. The molecule has 0 saturated carbocycles. The molecule has 0 fully saturated rings. The first kappa shape index (κ1) is 18.0. The zero-order chi connectivity index (χ0) is 17.7. The van der Waals surface area contributed by atoms with Crippen LogP contribution in [0.4, 0.5) is 0 Å². The molecule has 0 saturated heterocycles. The summed E-state index contributed by atoms with van der Waals surface area (Å²) in [7, 11) is 1.31. The standard InChI is InChI=1S/C19H20ClNO3/c1-12-4-5-14(10-13(12)2)11-17(19(23)24-3)21-18(22)15-6-8-16(20)9-7-15/h4-10,17H,11H2,1-3H3,(H,21,22)/t17-/m1/s1. The van der Waals surface area contributed by atoms with Gasteiger partial charge < -0.3 is 10.1 Å². The highest BCUT2D eigenvalue weighted by molar-refractivity contribution is 6.30. The van der Waals surface area contributed by atoms with Crippen LogP contribution in [0.25, 0.3) is 0 Å². The smallest absolute Gasteiger partial charge is 0.328 e. The van der Waals surface area contributed by atoms with E-state index in [9.17, 15) is 9.59 Å². The summed E-state index contributed by atoms with van der Waals surface area (Å²) in [5.74, 6) is -0.818. The Labute approximate surface area is 146 Å². The summed E-state index contributed by atoms with van der Waals surface area (Å²) in [6, 6.07) is 11.7. The molecule has 1 atom stereocenters. The Bertz CT molecular complexity index is 741. The van der Waals surface area contributed by atoms with E-state index in [1.54, 1.807) is 24.3 Å². The van der Waals surface area contributed by atoms with Crippen LogP contribution in [0.2, 0.25) is 5.02 Å². The lowest BCUT2D eigenvalue weighted by Crippen LogP contribution is -2.43. The molecule has 0 unspecified atom stereocenters. The second-order valence-electron chi connectivity index (χ2n) is 5.68. The van der Waals surface area contributed by atoms with Crippen LogP contribution in [0.1, 0.15) is 27.0 Å². The topological polar surface area (TPSA) is 55.4 Å². The maximum atomic E-state index is 12.3. The predicted octanol–water partition coefficient (Wildman–Crippen LogP) is 3.47. The van der Waals surface area contributed by atoms with Crippen molar-refractivity contribution in [3.05, 3.63) is 69.7 Å². The highest BCUT2D eigenvalue weighted by Crippen LogP contribution is 2.13. The molecule has 126 valence electrons. The Morgan fingerprint density at radius 1 is 1.08 bits per heavy atom. The molecule has 0 aliphatic carbocycles. The fourth-order valence-corrected chi connectivity index (χ4v) is 2.47. The van der Waals surface area contributed by atoms with Gasteiger partial charge in [0.2, 0.25) is 0 Å². The van der Waals surface area contributed by atoms with E-state index < -0.39 is 12.0 Å². The van der Waals surface area contributed by atoms with Gasteiger partial charge in [0.05, 0.1) is 7.11 Å². The first-order valence-electron chi connectivity index (χ1n) is 7.61. The number of methoxy groups -OCH3 is 1. The van der Waals surface area contributed by atoms with Gasteiger partial charge >= 0.3 is 5.97 Å². The summed E-state index contributed by atoms with van der Waals surface area (Å²) >= 11 is 5.82. The van der Waals surface area contributed by atoms with Crippen LogP contribution in [0.5, 0.6) is 0 Å². The van der Waals surface area contributed by atoms with Gasteiger partial charge in [0.1, 0.15) is 6.04 Å². The maximum absolute atomic E-state index is 12.3. The van der Waals surface area contributed by atoms with Gasteiger partial charge in [-0.3, -0.25) is 4.79 Å². The molecular weight excluding hydrogens is 326 g/mol. The Balaban J connectivity index is 2.16. The van der Waals surface area contributed by atoms with Crippen LogP contribution in [0, 0.1) is 13.8 Å². The maximum Gasteiger partial charge on any atom is 0.328 e. The number of nitrogens with one attached hydrogen (secondary N) is 1. The molecule has 0 aliphatic rings. The van der Waals surface area contributed by atoms with Gasteiger partial charge in [0, 0.05) is 17.0 Å². The van der Waals surface area contributed by atoms with Crippen LogP contribution in [-0.2, 0) is 16.0 Å². The van der Waals surface area contributed by atoms with Crippen LogP contribution in [-0.4, -0.2) is 25.0 Å². The number of hydrogen-bond donors (Lipinski definition) is 1. The van der Waals surface area contributed by atoms with E-state index in [0.717, 1.165) is 11.1 Å². The molecule has 0 heterocycles. The van der Waals surface area contributed by atoms with Crippen molar-refractivity contribution < 1.29 is 14.3 Å². The second-order valence-corrected chi connectivity index (χ2v) is 6.12. The summed E-state index contributed by atoms with van der Waals surface area (Å²) in [6.07, 6.45) is 0.368. The lowest BCUT2D eigenvalue weighted by molar-refractivity contribution is -0.142. The van der Waals surface area contributed by atoms with Gasteiger partial charge in [0.25, 0.3) is 5.91 Å². The Morgan fingerprint density at radius 2 is 1.75 bits per heavy atom. The van der Waals surface area contributed by atoms with Crippen molar-refractivity contribution in [2.75, 3.05) is 7.11 Å². The number of hydrogen-bond acceptors (Lipinski definition) is 3. The zero-order valence-corrected chi connectivity index (χ0v) is 14.7. The number of ether oxygens (including phenoxy) is 1. The van der Waals surface area contributed by atoms with E-state index in [2.05, 4.69) is 5.32 Å². The first-order valence-corrected chi connectivity index (χ1v) is 7.99. The lowest BCUT2D eigenvalue weighted by Gasteiger charge is -2.17. The number of aryl methyl sites for hydroxylation is 2. The van der Waals surface area contributed by atoms with Crippen molar-refractivity contribution in [3.63, 3.8) is 0 Å². The normalized spacial score (nSPS) is 11.7. The highest BCUT2D eigenvalue weighted by atomic mass is 35.5. The summed E-state index contributed by atoms with van der Waals surface area (Å²) in [6.45, 7) is 4.04. The zero-order valence-electron chi connectivity index (χ0n) is 13.9. The molecule has 2 aromatic rings. The van der Waals surface area contributed by atoms with Crippen molar-refractivity contribution >= 4 is 23.5 Å². The number of carbonyl (C=O) groups is 2. The molecule has 1 amide bonds. The summed E-state index contributed by atoms with van der Waals surface area (Å²) in [5, 5.41) is 3.28. The van der Waals surface area contributed by atoms with Gasteiger partial charge in [-0.15, -0.1) is 0 Å². The van der Waals surface area contributed by atoms with Crippen LogP contribution in [0.3, 0.4) is 0 Å². The average molecular weight is 346 g/mol.